The number of carboxylic acids is 1. The Labute approximate surface area is 121 Å². The van der Waals surface area contributed by atoms with Gasteiger partial charge in [0.2, 0.25) is 5.91 Å². The van der Waals surface area contributed by atoms with E-state index < -0.39 is 30.3 Å². The molecule has 1 aromatic carbocycles. The van der Waals surface area contributed by atoms with Gasteiger partial charge in [-0.1, -0.05) is 24.3 Å². The second-order valence-corrected chi connectivity index (χ2v) is 5.49. The quantitative estimate of drug-likeness (QED) is 0.749. The third-order valence-corrected chi connectivity index (χ3v) is 4.09. The van der Waals surface area contributed by atoms with E-state index >= 15 is 0 Å². The molecule has 4 atom stereocenters. The van der Waals surface area contributed by atoms with Crippen LogP contribution in [0.25, 0.3) is 0 Å². The zero-order valence-electron chi connectivity index (χ0n) is 11.4. The highest BCUT2D eigenvalue weighted by Crippen LogP contribution is 2.31. The highest BCUT2D eigenvalue weighted by Gasteiger charge is 2.38. The van der Waals surface area contributed by atoms with Gasteiger partial charge in [0.05, 0.1) is 12.1 Å². The van der Waals surface area contributed by atoms with Crippen molar-refractivity contribution in [2.24, 2.45) is 0 Å². The summed E-state index contributed by atoms with van der Waals surface area (Å²) in [6, 6.07) is 7.11. The molecule has 0 bridgehead atoms. The molecule has 1 aliphatic carbocycles. The molecule has 0 unspecified atom stereocenters. The summed E-state index contributed by atoms with van der Waals surface area (Å²) >= 11 is 0. The van der Waals surface area contributed by atoms with E-state index in [1.165, 1.54) is 0 Å². The molecule has 21 heavy (non-hydrogen) atoms. The van der Waals surface area contributed by atoms with Gasteiger partial charge in [0, 0.05) is 6.42 Å². The average molecular weight is 291 g/mol. The standard InChI is InChI=1S/C15H17NO5/c17-10-7-8-3-1-2-4-9(8)13(10)16-14(18)11-5-6-12(21-11)15(19)20/h1-4,10-13,17H,5-7H2,(H,16,18)(H,19,20)/t10-,11+,12-,13+/m1/s1. The topological polar surface area (TPSA) is 95.9 Å². The number of nitrogens with one attached hydrogen (secondary N) is 1. The van der Waals surface area contributed by atoms with E-state index in [1.54, 1.807) is 0 Å². The van der Waals surface area contributed by atoms with Crippen LogP contribution in [0.3, 0.4) is 0 Å². The molecule has 1 amide bonds. The van der Waals surface area contributed by atoms with Gasteiger partial charge in [-0.15, -0.1) is 0 Å². The molecule has 1 aliphatic heterocycles. The minimum absolute atomic E-state index is 0.331. The highest BCUT2D eigenvalue weighted by atomic mass is 16.5. The van der Waals surface area contributed by atoms with E-state index in [0.29, 0.717) is 19.3 Å². The van der Waals surface area contributed by atoms with Crippen LogP contribution in [0.2, 0.25) is 0 Å². The van der Waals surface area contributed by atoms with Crippen LogP contribution in [-0.2, 0) is 20.7 Å². The van der Waals surface area contributed by atoms with Crippen LogP contribution >= 0.6 is 0 Å². The first-order chi connectivity index (χ1) is 10.1. The Morgan fingerprint density at radius 3 is 2.62 bits per heavy atom. The maximum Gasteiger partial charge on any atom is 0.332 e. The number of carbonyl (C=O) groups is 2. The molecule has 6 heteroatoms. The van der Waals surface area contributed by atoms with Crippen LogP contribution < -0.4 is 5.32 Å². The van der Waals surface area contributed by atoms with Crippen molar-refractivity contribution in [1.82, 2.24) is 5.32 Å². The molecule has 2 aliphatic rings. The Kier molecular flexibility index (Phi) is 3.65. The van der Waals surface area contributed by atoms with Crippen LogP contribution in [0.1, 0.15) is 30.0 Å². The number of hydrogen-bond donors (Lipinski definition) is 3. The lowest BCUT2D eigenvalue weighted by Crippen LogP contribution is -2.40. The van der Waals surface area contributed by atoms with E-state index in [2.05, 4.69) is 5.32 Å². The van der Waals surface area contributed by atoms with Gasteiger partial charge in [0.15, 0.2) is 6.10 Å². The Hall–Kier alpha value is -1.92. The van der Waals surface area contributed by atoms with Crippen molar-refractivity contribution >= 4 is 11.9 Å². The number of aliphatic hydroxyl groups is 1. The molecule has 0 saturated carbocycles. The van der Waals surface area contributed by atoms with Gasteiger partial charge < -0.3 is 20.3 Å². The van der Waals surface area contributed by atoms with Gasteiger partial charge in [-0.2, -0.15) is 0 Å². The number of ether oxygens (including phenoxy) is 1. The van der Waals surface area contributed by atoms with Gasteiger partial charge in [0.1, 0.15) is 6.10 Å². The molecule has 1 heterocycles. The van der Waals surface area contributed by atoms with Crippen molar-refractivity contribution in [3.05, 3.63) is 35.4 Å². The number of benzene rings is 1. The summed E-state index contributed by atoms with van der Waals surface area (Å²) in [5.74, 6) is -1.41. The third kappa shape index (κ3) is 2.64. The number of hydrogen-bond acceptors (Lipinski definition) is 4. The molecule has 1 aromatic rings. The molecule has 3 N–H and O–H groups in total. The lowest BCUT2D eigenvalue weighted by atomic mass is 10.1. The number of aliphatic carboxylic acids is 1. The van der Waals surface area contributed by atoms with Crippen LogP contribution in [-0.4, -0.2) is 40.4 Å². The first kappa shape index (κ1) is 14.0. The fourth-order valence-corrected chi connectivity index (χ4v) is 3.01. The van der Waals surface area contributed by atoms with Gasteiger partial charge in [0.25, 0.3) is 0 Å². The minimum Gasteiger partial charge on any atom is -0.479 e. The van der Waals surface area contributed by atoms with Crippen molar-refractivity contribution in [1.29, 1.82) is 0 Å². The number of carboxylic acid groups (broad SMARTS) is 1. The maximum absolute atomic E-state index is 12.2. The first-order valence-electron chi connectivity index (χ1n) is 7.01. The number of rotatable bonds is 3. The zero-order chi connectivity index (χ0) is 15.0. The maximum atomic E-state index is 12.2. The largest absolute Gasteiger partial charge is 0.479 e. The van der Waals surface area contributed by atoms with E-state index in [0.717, 1.165) is 11.1 Å². The molecule has 1 fully saturated rings. The van der Waals surface area contributed by atoms with Crippen LogP contribution in [0.15, 0.2) is 24.3 Å². The monoisotopic (exact) mass is 291 g/mol. The van der Waals surface area contributed by atoms with E-state index in [9.17, 15) is 14.7 Å². The summed E-state index contributed by atoms with van der Waals surface area (Å²) in [7, 11) is 0. The SMILES string of the molecule is O=C(N[C@H]1c2ccccc2C[C@H]1O)[C@@H]1CC[C@H](C(=O)O)O1. The molecule has 6 nitrogen and oxygen atoms in total. The van der Waals surface area contributed by atoms with Crippen molar-refractivity contribution in [3.8, 4) is 0 Å². The molecular formula is C15H17NO5. The lowest BCUT2D eigenvalue weighted by Gasteiger charge is -2.20. The Morgan fingerprint density at radius 2 is 1.90 bits per heavy atom. The van der Waals surface area contributed by atoms with E-state index in [-0.39, 0.29) is 5.91 Å². The van der Waals surface area contributed by atoms with E-state index in [1.807, 2.05) is 24.3 Å². The van der Waals surface area contributed by atoms with Crippen LogP contribution in [0, 0.1) is 0 Å². The fourth-order valence-electron chi connectivity index (χ4n) is 3.01. The second-order valence-electron chi connectivity index (χ2n) is 5.49. The summed E-state index contributed by atoms with van der Waals surface area (Å²) in [5.41, 5.74) is 1.93. The summed E-state index contributed by atoms with van der Waals surface area (Å²) in [6.07, 6.45) is -1.12. The van der Waals surface area contributed by atoms with Crippen molar-refractivity contribution in [3.63, 3.8) is 0 Å². The van der Waals surface area contributed by atoms with E-state index in [4.69, 9.17) is 9.84 Å². The lowest BCUT2D eigenvalue weighted by molar-refractivity contribution is -0.152. The number of carbonyl (C=O) groups excluding carboxylic acids is 1. The zero-order valence-corrected chi connectivity index (χ0v) is 11.4. The summed E-state index contributed by atoms with van der Waals surface area (Å²) in [4.78, 5) is 23.0. The van der Waals surface area contributed by atoms with Crippen molar-refractivity contribution < 1.29 is 24.5 Å². The summed E-state index contributed by atoms with van der Waals surface area (Å²) < 4.78 is 5.22. The van der Waals surface area contributed by atoms with Crippen molar-refractivity contribution in [2.45, 2.75) is 43.6 Å². The Morgan fingerprint density at radius 1 is 1.19 bits per heavy atom. The smallest absolute Gasteiger partial charge is 0.332 e. The molecule has 0 spiro atoms. The number of aliphatic hydroxyl groups excluding tert-OH is 1. The average Bonchev–Trinajstić information content (AvgIpc) is 3.05. The van der Waals surface area contributed by atoms with Crippen LogP contribution in [0.4, 0.5) is 0 Å². The minimum atomic E-state index is -1.04. The van der Waals surface area contributed by atoms with Gasteiger partial charge in [-0.3, -0.25) is 4.79 Å². The molecule has 1 saturated heterocycles. The first-order valence-corrected chi connectivity index (χ1v) is 7.01. The summed E-state index contributed by atoms with van der Waals surface area (Å²) in [6.45, 7) is 0. The van der Waals surface area contributed by atoms with Gasteiger partial charge >= 0.3 is 5.97 Å². The Balaban J connectivity index is 1.67. The molecule has 3 rings (SSSR count). The third-order valence-electron chi connectivity index (χ3n) is 4.09. The fraction of sp³-hybridized carbons (Fsp3) is 0.467. The number of amides is 1. The molecule has 0 aromatic heterocycles. The van der Waals surface area contributed by atoms with Gasteiger partial charge in [-0.25, -0.2) is 4.79 Å². The normalized spacial score (nSPS) is 30.9. The van der Waals surface area contributed by atoms with Crippen LogP contribution in [0.5, 0.6) is 0 Å². The van der Waals surface area contributed by atoms with Gasteiger partial charge in [-0.05, 0) is 24.0 Å². The molecule has 112 valence electrons. The molecular weight excluding hydrogens is 274 g/mol. The Bertz CT molecular complexity index is 573. The molecule has 0 radical (unpaired) electrons. The predicted octanol–water partition coefficient (Wildman–Crippen LogP) is 0.393. The number of fused-ring (bicyclic) bond motifs is 1. The summed E-state index contributed by atoms with van der Waals surface area (Å²) in [5, 5.41) is 21.7. The predicted molar refractivity (Wildman–Crippen MR) is 72.6 cm³/mol. The second kappa shape index (κ2) is 5.46. The highest BCUT2D eigenvalue weighted by molar-refractivity contribution is 5.83. The van der Waals surface area contributed by atoms with Crippen molar-refractivity contribution in [2.75, 3.05) is 0 Å².